The second-order valence-electron chi connectivity index (χ2n) is 6.77. The molecule has 0 bridgehead atoms. The highest BCUT2D eigenvalue weighted by Crippen LogP contribution is 2.32. The monoisotopic (exact) mass is 334 g/mol. The van der Waals surface area contributed by atoms with Crippen molar-refractivity contribution in [3.63, 3.8) is 0 Å². The van der Waals surface area contributed by atoms with Gasteiger partial charge in [-0.05, 0) is 38.8 Å². The summed E-state index contributed by atoms with van der Waals surface area (Å²) in [6.07, 6.45) is 7.58. The summed E-state index contributed by atoms with van der Waals surface area (Å²) in [6.45, 7) is 5.59. The minimum atomic E-state index is 0.680. The first-order valence-corrected chi connectivity index (χ1v) is 9.70. The smallest absolute Gasteiger partial charge is 0.188 e. The number of hydrogen-bond acceptors (Lipinski definition) is 6. The lowest BCUT2D eigenvalue weighted by atomic mass is 10.0. The topological polar surface area (TPSA) is 41.0 Å². The molecule has 0 N–H and O–H groups in total. The number of piperidine rings is 2. The number of nitrogens with zero attached hydrogens (tertiary/aromatic N) is 4. The Hall–Kier alpha value is -1.14. The van der Waals surface area contributed by atoms with E-state index in [1.54, 1.807) is 7.11 Å². The molecule has 3 aliphatic rings. The maximum Gasteiger partial charge on any atom is 0.188 e. The first-order chi connectivity index (χ1) is 11.3. The van der Waals surface area contributed by atoms with E-state index in [1.807, 2.05) is 11.3 Å². The molecule has 0 unspecified atom stereocenters. The van der Waals surface area contributed by atoms with E-state index < -0.39 is 0 Å². The second kappa shape index (κ2) is 6.77. The number of anilines is 1. The predicted octanol–water partition coefficient (Wildman–Crippen LogP) is 2.70. The molecule has 0 aromatic carbocycles. The molecule has 0 aliphatic carbocycles. The molecule has 0 spiro atoms. The SMILES string of the molecule is COC1=NCc2nc(N3CCC(N4CCCCC4)CC3)sc2C1. The molecule has 126 valence electrons. The number of aliphatic imine (C=N–C) groups is 1. The summed E-state index contributed by atoms with van der Waals surface area (Å²) in [5.41, 5.74) is 1.16. The molecule has 5 nitrogen and oxygen atoms in total. The third kappa shape index (κ3) is 3.24. The van der Waals surface area contributed by atoms with E-state index in [4.69, 9.17) is 9.72 Å². The summed E-state index contributed by atoms with van der Waals surface area (Å²) in [7, 11) is 1.71. The summed E-state index contributed by atoms with van der Waals surface area (Å²) in [5.74, 6) is 0.844. The lowest BCUT2D eigenvalue weighted by Crippen LogP contribution is -2.46. The highest BCUT2D eigenvalue weighted by atomic mass is 32.1. The summed E-state index contributed by atoms with van der Waals surface area (Å²) in [5, 5.41) is 1.19. The standard InChI is InChI=1S/C17H26N4OS/c1-22-16-11-15-14(12-18-16)19-17(23-15)21-9-5-13(6-10-21)20-7-3-2-4-8-20/h13H,2-12H2,1H3. The summed E-state index contributed by atoms with van der Waals surface area (Å²) in [6, 6.07) is 0.796. The Labute approximate surface area is 142 Å². The van der Waals surface area contributed by atoms with Crippen molar-refractivity contribution in [1.29, 1.82) is 0 Å². The minimum Gasteiger partial charge on any atom is -0.484 e. The highest BCUT2D eigenvalue weighted by molar-refractivity contribution is 7.15. The number of aromatic nitrogens is 1. The van der Waals surface area contributed by atoms with Gasteiger partial charge in [-0.25, -0.2) is 9.98 Å². The molecule has 4 rings (SSSR count). The van der Waals surface area contributed by atoms with Gasteiger partial charge in [0.1, 0.15) is 0 Å². The van der Waals surface area contributed by atoms with E-state index in [9.17, 15) is 0 Å². The third-order valence-electron chi connectivity index (χ3n) is 5.36. The lowest BCUT2D eigenvalue weighted by molar-refractivity contribution is 0.141. The number of hydrogen-bond donors (Lipinski definition) is 0. The maximum absolute atomic E-state index is 5.29. The number of ether oxygens (including phenoxy) is 1. The van der Waals surface area contributed by atoms with Crippen LogP contribution in [0.1, 0.15) is 42.7 Å². The van der Waals surface area contributed by atoms with Crippen LogP contribution in [-0.4, -0.2) is 55.1 Å². The van der Waals surface area contributed by atoms with E-state index in [0.29, 0.717) is 6.54 Å². The van der Waals surface area contributed by atoms with Gasteiger partial charge in [-0.15, -0.1) is 11.3 Å². The van der Waals surface area contributed by atoms with Gasteiger partial charge >= 0.3 is 0 Å². The fourth-order valence-corrected chi connectivity index (χ4v) is 5.08. The number of fused-ring (bicyclic) bond motifs is 1. The van der Waals surface area contributed by atoms with Crippen LogP contribution in [-0.2, 0) is 17.7 Å². The molecular weight excluding hydrogens is 308 g/mol. The van der Waals surface area contributed by atoms with Gasteiger partial charge in [0.15, 0.2) is 11.0 Å². The van der Waals surface area contributed by atoms with Crippen molar-refractivity contribution in [2.24, 2.45) is 4.99 Å². The summed E-state index contributed by atoms with van der Waals surface area (Å²) in [4.78, 5) is 15.8. The largest absolute Gasteiger partial charge is 0.484 e. The Morgan fingerprint density at radius 3 is 2.61 bits per heavy atom. The van der Waals surface area contributed by atoms with Crippen LogP contribution in [0.2, 0.25) is 0 Å². The zero-order valence-corrected chi connectivity index (χ0v) is 14.8. The Balaban J connectivity index is 1.37. The van der Waals surface area contributed by atoms with Gasteiger partial charge in [0, 0.05) is 24.0 Å². The van der Waals surface area contributed by atoms with E-state index in [2.05, 4.69) is 14.8 Å². The Morgan fingerprint density at radius 1 is 1.09 bits per heavy atom. The highest BCUT2D eigenvalue weighted by Gasteiger charge is 2.28. The van der Waals surface area contributed by atoms with Crippen molar-refractivity contribution in [3.05, 3.63) is 10.6 Å². The Bertz CT molecular complexity index is 571. The third-order valence-corrected chi connectivity index (χ3v) is 6.52. The molecule has 1 aromatic heterocycles. The molecule has 4 heterocycles. The number of rotatable bonds is 2. The molecule has 0 atom stereocenters. The van der Waals surface area contributed by atoms with E-state index in [-0.39, 0.29) is 0 Å². The first kappa shape index (κ1) is 15.4. The van der Waals surface area contributed by atoms with E-state index in [0.717, 1.165) is 37.1 Å². The zero-order chi connectivity index (χ0) is 15.6. The van der Waals surface area contributed by atoms with Crippen LogP contribution < -0.4 is 4.90 Å². The fraction of sp³-hybridized carbons (Fsp3) is 0.765. The molecule has 1 aromatic rings. The Kier molecular flexibility index (Phi) is 4.53. The number of likely N-dealkylation sites (tertiary alicyclic amines) is 1. The normalized spacial score (nSPS) is 23.5. The van der Waals surface area contributed by atoms with Crippen molar-refractivity contribution in [1.82, 2.24) is 9.88 Å². The molecule has 2 fully saturated rings. The molecule has 23 heavy (non-hydrogen) atoms. The zero-order valence-electron chi connectivity index (χ0n) is 14.0. The van der Waals surface area contributed by atoms with Gasteiger partial charge < -0.3 is 14.5 Å². The van der Waals surface area contributed by atoms with Crippen molar-refractivity contribution in [2.45, 2.75) is 51.1 Å². The number of methoxy groups -OCH3 is 1. The average Bonchev–Trinajstić information content (AvgIpc) is 3.05. The second-order valence-corrected chi connectivity index (χ2v) is 7.83. The van der Waals surface area contributed by atoms with Crippen molar-refractivity contribution in [3.8, 4) is 0 Å². The van der Waals surface area contributed by atoms with Crippen molar-refractivity contribution in [2.75, 3.05) is 38.2 Å². The minimum absolute atomic E-state index is 0.680. The predicted molar refractivity (Wildman–Crippen MR) is 94.6 cm³/mol. The Morgan fingerprint density at radius 2 is 1.87 bits per heavy atom. The van der Waals surface area contributed by atoms with E-state index >= 15 is 0 Å². The van der Waals surface area contributed by atoms with Gasteiger partial charge in [-0.2, -0.15) is 0 Å². The lowest BCUT2D eigenvalue weighted by Gasteiger charge is -2.40. The van der Waals surface area contributed by atoms with Crippen LogP contribution in [0.3, 0.4) is 0 Å². The molecule has 3 aliphatic heterocycles. The maximum atomic E-state index is 5.29. The van der Waals surface area contributed by atoms with Crippen LogP contribution in [0.4, 0.5) is 5.13 Å². The van der Waals surface area contributed by atoms with Crippen LogP contribution in [0.25, 0.3) is 0 Å². The van der Waals surface area contributed by atoms with Gasteiger partial charge in [0.25, 0.3) is 0 Å². The van der Waals surface area contributed by atoms with Crippen LogP contribution in [0, 0.1) is 0 Å². The van der Waals surface area contributed by atoms with E-state index in [1.165, 1.54) is 55.2 Å². The molecule has 0 saturated carbocycles. The molecule has 0 radical (unpaired) electrons. The van der Waals surface area contributed by atoms with Gasteiger partial charge in [-0.3, -0.25) is 0 Å². The van der Waals surface area contributed by atoms with Crippen LogP contribution in [0.5, 0.6) is 0 Å². The summed E-state index contributed by atoms with van der Waals surface area (Å²) >= 11 is 1.84. The van der Waals surface area contributed by atoms with Gasteiger partial charge in [0.2, 0.25) is 0 Å². The molecule has 6 heteroatoms. The van der Waals surface area contributed by atoms with Crippen molar-refractivity contribution < 1.29 is 4.74 Å². The van der Waals surface area contributed by atoms with Crippen LogP contribution >= 0.6 is 11.3 Å². The summed E-state index contributed by atoms with van der Waals surface area (Å²) < 4.78 is 5.29. The van der Waals surface area contributed by atoms with Crippen LogP contribution in [0.15, 0.2) is 4.99 Å². The van der Waals surface area contributed by atoms with Gasteiger partial charge in [-0.1, -0.05) is 6.42 Å². The quantitative estimate of drug-likeness (QED) is 0.834. The van der Waals surface area contributed by atoms with Crippen molar-refractivity contribution >= 4 is 22.4 Å². The average molecular weight is 334 g/mol. The molecular formula is C17H26N4OS. The molecule has 2 saturated heterocycles. The van der Waals surface area contributed by atoms with Gasteiger partial charge in [0.05, 0.1) is 25.8 Å². The molecule has 0 amide bonds. The first-order valence-electron chi connectivity index (χ1n) is 8.88. The number of thiazole rings is 1. The fourth-order valence-electron chi connectivity index (χ4n) is 3.97.